The average Bonchev–Trinajstić information content (AvgIpc) is 2.56. The molecule has 1 aromatic carbocycles. The summed E-state index contributed by atoms with van der Waals surface area (Å²) in [7, 11) is -6.95. The standard InChI is InChI=1S/C18H22F6N4O2S/c1-18(2,3)15(11-7-6-10(8-12(11)19)31(20,21,22,23)24)27-16(30)13-9-14(29)26-17(25-13)28(4)5/h6-9,15H,1-5H3,(H,27,30)(H,25,26,29)/t15-/m1/s1. The van der Waals surface area contributed by atoms with Gasteiger partial charge in [0, 0.05) is 25.7 Å². The SMILES string of the molecule is CN(C)c1nc(C(=O)N[C@H](c2ccc(S(F)(F)(F)(F)F)cc2F)C(C)(C)C)cc(=O)[nH]1. The number of aromatic nitrogens is 2. The second-order valence-corrected chi connectivity index (χ2v) is 10.7. The molecule has 13 heteroatoms. The quantitative estimate of drug-likeness (QED) is 0.590. The van der Waals surface area contributed by atoms with Crippen LogP contribution in [0.25, 0.3) is 0 Å². The number of hydrogen-bond donors (Lipinski definition) is 2. The van der Waals surface area contributed by atoms with E-state index < -0.39 is 49.4 Å². The van der Waals surface area contributed by atoms with Crippen LogP contribution in [0.1, 0.15) is 42.9 Å². The number of benzene rings is 1. The summed E-state index contributed by atoms with van der Waals surface area (Å²) in [4.78, 5) is 29.9. The molecule has 0 aliphatic heterocycles. The molecule has 1 aromatic heterocycles. The fraction of sp³-hybridized carbons (Fsp3) is 0.389. The molecular formula is C18H22F6N4O2S. The number of carbonyl (C=O) groups excluding carboxylic acids is 1. The van der Waals surface area contributed by atoms with E-state index in [2.05, 4.69) is 15.3 Å². The van der Waals surface area contributed by atoms with Crippen LogP contribution < -0.4 is 15.8 Å². The zero-order valence-corrected chi connectivity index (χ0v) is 18.1. The summed E-state index contributed by atoms with van der Waals surface area (Å²) in [6.45, 7) is 4.69. The van der Waals surface area contributed by atoms with Crippen molar-refractivity contribution in [2.75, 3.05) is 19.0 Å². The van der Waals surface area contributed by atoms with Crippen molar-refractivity contribution in [1.82, 2.24) is 15.3 Å². The van der Waals surface area contributed by atoms with Gasteiger partial charge < -0.3 is 10.2 Å². The number of rotatable bonds is 5. The normalized spacial score (nSPS) is 15.6. The van der Waals surface area contributed by atoms with Gasteiger partial charge in [0.2, 0.25) is 5.95 Å². The van der Waals surface area contributed by atoms with Gasteiger partial charge in [0.15, 0.2) is 0 Å². The Hall–Kier alpha value is -2.70. The minimum Gasteiger partial charge on any atom is -0.348 e. The molecule has 2 aromatic rings. The van der Waals surface area contributed by atoms with E-state index >= 15 is 0 Å². The third-order valence-electron chi connectivity index (χ3n) is 4.26. The van der Waals surface area contributed by atoms with Crippen LogP contribution in [0.15, 0.2) is 34.0 Å². The second kappa shape index (κ2) is 6.90. The molecule has 0 radical (unpaired) electrons. The Bertz CT molecular complexity index is 1080. The first-order chi connectivity index (χ1) is 13.7. The van der Waals surface area contributed by atoms with Crippen LogP contribution in [0.5, 0.6) is 0 Å². The lowest BCUT2D eigenvalue weighted by atomic mass is 9.82. The van der Waals surface area contributed by atoms with Crippen molar-refractivity contribution in [3.05, 3.63) is 51.7 Å². The molecule has 174 valence electrons. The predicted molar refractivity (Wildman–Crippen MR) is 107 cm³/mol. The van der Waals surface area contributed by atoms with Crippen LogP contribution in [-0.4, -0.2) is 30.0 Å². The summed E-state index contributed by atoms with van der Waals surface area (Å²) < 4.78 is 79.5. The number of anilines is 1. The molecule has 0 saturated carbocycles. The van der Waals surface area contributed by atoms with Crippen LogP contribution in [0.2, 0.25) is 0 Å². The molecule has 1 amide bonds. The molecule has 1 heterocycles. The molecule has 0 bridgehead atoms. The van der Waals surface area contributed by atoms with Crippen molar-refractivity contribution in [3.8, 4) is 0 Å². The second-order valence-electron chi connectivity index (χ2n) is 8.27. The molecule has 0 fully saturated rings. The summed E-state index contributed by atoms with van der Waals surface area (Å²) >= 11 is 0. The van der Waals surface area contributed by atoms with E-state index in [0.717, 1.165) is 6.07 Å². The van der Waals surface area contributed by atoms with Gasteiger partial charge in [0.05, 0.1) is 6.04 Å². The Morgan fingerprint density at radius 3 is 2.16 bits per heavy atom. The van der Waals surface area contributed by atoms with Gasteiger partial charge >= 0.3 is 10.2 Å². The first kappa shape index (κ1) is 24.6. The molecule has 1 atom stereocenters. The highest BCUT2D eigenvalue weighted by atomic mass is 32.5. The zero-order chi connectivity index (χ0) is 24.1. The lowest BCUT2D eigenvalue weighted by Gasteiger charge is -2.41. The lowest BCUT2D eigenvalue weighted by Crippen LogP contribution is -2.38. The van der Waals surface area contributed by atoms with Crippen molar-refractivity contribution >= 4 is 22.1 Å². The maximum atomic E-state index is 14.5. The van der Waals surface area contributed by atoms with Gasteiger partial charge in [0.1, 0.15) is 16.4 Å². The van der Waals surface area contributed by atoms with E-state index in [1.807, 2.05) is 0 Å². The highest BCUT2D eigenvalue weighted by Crippen LogP contribution is 3.02. The van der Waals surface area contributed by atoms with Crippen LogP contribution in [0, 0.1) is 11.2 Å². The number of carbonyl (C=O) groups is 1. The van der Waals surface area contributed by atoms with Crippen molar-refractivity contribution in [1.29, 1.82) is 0 Å². The van der Waals surface area contributed by atoms with Gasteiger partial charge in [-0.3, -0.25) is 14.6 Å². The monoisotopic (exact) mass is 472 g/mol. The van der Waals surface area contributed by atoms with Crippen LogP contribution >= 0.6 is 10.2 Å². The zero-order valence-electron chi connectivity index (χ0n) is 17.3. The van der Waals surface area contributed by atoms with E-state index in [4.69, 9.17) is 0 Å². The summed E-state index contributed by atoms with van der Waals surface area (Å²) in [6.07, 6.45) is 0. The predicted octanol–water partition coefficient (Wildman–Crippen LogP) is 5.15. The lowest BCUT2D eigenvalue weighted by molar-refractivity contribution is 0.0894. The number of H-pyrrole nitrogens is 1. The number of amides is 1. The van der Waals surface area contributed by atoms with Gasteiger partial charge in [-0.05, 0) is 17.5 Å². The number of nitrogens with one attached hydrogen (secondary N) is 2. The van der Waals surface area contributed by atoms with Crippen molar-refractivity contribution < 1.29 is 28.6 Å². The highest BCUT2D eigenvalue weighted by Gasteiger charge is 2.65. The Balaban J connectivity index is 2.50. The van der Waals surface area contributed by atoms with Gasteiger partial charge in [-0.2, -0.15) is 0 Å². The van der Waals surface area contributed by atoms with E-state index in [9.17, 15) is 33.4 Å². The summed E-state index contributed by atoms with van der Waals surface area (Å²) in [5.74, 6) is -2.39. The minimum absolute atomic E-state index is 0.0661. The van der Waals surface area contributed by atoms with Crippen molar-refractivity contribution in [2.24, 2.45) is 5.41 Å². The molecule has 6 nitrogen and oxygen atoms in total. The van der Waals surface area contributed by atoms with E-state index in [1.165, 1.54) is 4.90 Å². The van der Waals surface area contributed by atoms with E-state index in [-0.39, 0.29) is 23.8 Å². The van der Waals surface area contributed by atoms with Crippen LogP contribution in [0.3, 0.4) is 0 Å². The van der Waals surface area contributed by atoms with Gasteiger partial charge in [-0.25, -0.2) is 9.37 Å². The number of nitrogens with zero attached hydrogens (tertiary/aromatic N) is 2. The Kier molecular flexibility index (Phi) is 5.47. The van der Waals surface area contributed by atoms with Crippen LogP contribution in [0.4, 0.5) is 29.8 Å². The third kappa shape index (κ3) is 5.93. The number of hydrogen-bond acceptors (Lipinski definition) is 4. The average molecular weight is 472 g/mol. The molecule has 0 aliphatic carbocycles. The summed E-state index contributed by atoms with van der Waals surface area (Å²) in [5.41, 5.74) is -2.32. The maximum Gasteiger partial charge on any atom is 0.310 e. The molecular weight excluding hydrogens is 450 g/mol. The summed E-state index contributed by atoms with van der Waals surface area (Å²) in [6, 6.07) is 0.0411. The van der Waals surface area contributed by atoms with Gasteiger partial charge in [-0.15, -0.1) is 0 Å². The van der Waals surface area contributed by atoms with Gasteiger partial charge in [0.25, 0.3) is 11.5 Å². The Morgan fingerprint density at radius 1 is 1.13 bits per heavy atom. The molecule has 2 rings (SSSR count). The number of halogens is 6. The molecule has 0 saturated heterocycles. The number of aromatic amines is 1. The smallest absolute Gasteiger partial charge is 0.310 e. The first-order valence-corrected chi connectivity index (χ1v) is 10.8. The molecule has 0 aliphatic rings. The van der Waals surface area contributed by atoms with Crippen LogP contribution in [-0.2, 0) is 0 Å². The third-order valence-corrected chi connectivity index (χ3v) is 5.40. The highest BCUT2D eigenvalue weighted by molar-refractivity contribution is 8.45. The molecule has 0 unspecified atom stereocenters. The topological polar surface area (TPSA) is 78.1 Å². The van der Waals surface area contributed by atoms with Crippen molar-refractivity contribution in [2.45, 2.75) is 31.7 Å². The Labute approximate surface area is 174 Å². The first-order valence-electron chi connectivity index (χ1n) is 8.82. The fourth-order valence-electron chi connectivity index (χ4n) is 2.72. The summed E-state index contributed by atoms with van der Waals surface area (Å²) in [5, 5.41) is 2.43. The molecule has 31 heavy (non-hydrogen) atoms. The van der Waals surface area contributed by atoms with E-state index in [1.54, 1.807) is 34.9 Å². The Morgan fingerprint density at radius 2 is 1.71 bits per heavy atom. The van der Waals surface area contributed by atoms with E-state index in [0.29, 0.717) is 6.07 Å². The van der Waals surface area contributed by atoms with Gasteiger partial charge in [-0.1, -0.05) is 46.3 Å². The minimum atomic E-state index is -10.1. The fourth-order valence-corrected chi connectivity index (χ4v) is 3.37. The van der Waals surface area contributed by atoms with Crippen molar-refractivity contribution in [3.63, 3.8) is 0 Å². The largest absolute Gasteiger partial charge is 0.348 e. The maximum absolute atomic E-state index is 14.5. The molecule has 0 spiro atoms. The molecule has 2 N–H and O–H groups in total.